The number of hydrogen-bond donors (Lipinski definition) is 0. The Morgan fingerprint density at radius 2 is 1.50 bits per heavy atom. The van der Waals surface area contributed by atoms with Crippen molar-refractivity contribution in [2.75, 3.05) is 11.4 Å². The standard InChI is InChI=1S/C19H17N3/c1-2-7-16(8-3-1)18-10-11-19(21-20-18)22-13-12-15-6-4-5-9-17(15)14-22/h1-11H,12-14H2. The molecule has 1 aromatic heterocycles. The summed E-state index contributed by atoms with van der Waals surface area (Å²) in [6.07, 6.45) is 1.07. The molecule has 0 fully saturated rings. The van der Waals surface area contributed by atoms with Gasteiger partial charge < -0.3 is 4.90 Å². The minimum absolute atomic E-state index is 0.912. The molecule has 2 heterocycles. The van der Waals surface area contributed by atoms with Gasteiger partial charge in [-0.2, -0.15) is 0 Å². The van der Waals surface area contributed by atoms with E-state index in [1.165, 1.54) is 11.1 Å². The van der Waals surface area contributed by atoms with Gasteiger partial charge in [0.05, 0.1) is 5.69 Å². The van der Waals surface area contributed by atoms with Gasteiger partial charge in [0.1, 0.15) is 0 Å². The first kappa shape index (κ1) is 13.0. The van der Waals surface area contributed by atoms with E-state index in [9.17, 15) is 0 Å². The number of aromatic nitrogens is 2. The maximum Gasteiger partial charge on any atom is 0.151 e. The number of anilines is 1. The molecule has 0 radical (unpaired) electrons. The van der Waals surface area contributed by atoms with Crippen LogP contribution >= 0.6 is 0 Å². The van der Waals surface area contributed by atoms with Crippen LogP contribution < -0.4 is 4.90 Å². The second kappa shape index (κ2) is 5.60. The van der Waals surface area contributed by atoms with E-state index in [2.05, 4.69) is 63.6 Å². The first-order valence-electron chi connectivity index (χ1n) is 7.61. The fourth-order valence-corrected chi connectivity index (χ4v) is 2.95. The van der Waals surface area contributed by atoms with Crippen molar-refractivity contribution in [3.05, 3.63) is 77.9 Å². The number of hydrogen-bond acceptors (Lipinski definition) is 3. The number of rotatable bonds is 2. The summed E-state index contributed by atoms with van der Waals surface area (Å²) >= 11 is 0. The smallest absolute Gasteiger partial charge is 0.151 e. The molecule has 0 saturated heterocycles. The fraction of sp³-hybridized carbons (Fsp3) is 0.158. The maximum absolute atomic E-state index is 4.43. The molecule has 0 bridgehead atoms. The van der Waals surface area contributed by atoms with Crippen molar-refractivity contribution < 1.29 is 0 Å². The van der Waals surface area contributed by atoms with Crippen molar-refractivity contribution in [3.8, 4) is 11.3 Å². The van der Waals surface area contributed by atoms with E-state index < -0.39 is 0 Å². The van der Waals surface area contributed by atoms with Crippen molar-refractivity contribution in [1.82, 2.24) is 10.2 Å². The van der Waals surface area contributed by atoms with E-state index in [4.69, 9.17) is 0 Å². The molecule has 0 saturated carbocycles. The monoisotopic (exact) mass is 287 g/mol. The van der Waals surface area contributed by atoms with Crippen molar-refractivity contribution in [2.24, 2.45) is 0 Å². The van der Waals surface area contributed by atoms with Crippen LogP contribution in [-0.2, 0) is 13.0 Å². The van der Waals surface area contributed by atoms with Gasteiger partial charge in [-0.3, -0.25) is 0 Å². The summed E-state index contributed by atoms with van der Waals surface area (Å²) in [5.74, 6) is 0.953. The van der Waals surface area contributed by atoms with Crippen molar-refractivity contribution in [1.29, 1.82) is 0 Å². The Bertz CT molecular complexity index is 766. The Balaban J connectivity index is 1.57. The number of fused-ring (bicyclic) bond motifs is 1. The van der Waals surface area contributed by atoms with Gasteiger partial charge in [0.2, 0.25) is 0 Å². The molecule has 0 atom stereocenters. The Morgan fingerprint density at radius 3 is 2.27 bits per heavy atom. The summed E-state index contributed by atoms with van der Waals surface area (Å²) in [7, 11) is 0. The highest BCUT2D eigenvalue weighted by Gasteiger charge is 2.17. The lowest BCUT2D eigenvalue weighted by Gasteiger charge is -2.29. The Kier molecular flexibility index (Phi) is 3.31. The third-order valence-corrected chi connectivity index (χ3v) is 4.17. The predicted octanol–water partition coefficient (Wildman–Crippen LogP) is 3.71. The lowest BCUT2D eigenvalue weighted by atomic mass is 10.00. The lowest BCUT2D eigenvalue weighted by molar-refractivity contribution is 0.713. The first-order chi connectivity index (χ1) is 10.9. The molecule has 0 unspecified atom stereocenters. The van der Waals surface area contributed by atoms with E-state index in [0.29, 0.717) is 0 Å². The van der Waals surface area contributed by atoms with E-state index in [0.717, 1.165) is 36.6 Å². The molecule has 2 aromatic carbocycles. The minimum Gasteiger partial charge on any atom is -0.350 e. The van der Waals surface area contributed by atoms with E-state index >= 15 is 0 Å². The van der Waals surface area contributed by atoms with Crippen LogP contribution in [0.5, 0.6) is 0 Å². The summed E-state index contributed by atoms with van der Waals surface area (Å²) in [6.45, 7) is 1.91. The van der Waals surface area contributed by atoms with Crippen LogP contribution in [0.3, 0.4) is 0 Å². The molecule has 22 heavy (non-hydrogen) atoms. The van der Waals surface area contributed by atoms with Crippen LogP contribution in [0.4, 0.5) is 5.82 Å². The van der Waals surface area contributed by atoms with Crippen molar-refractivity contribution >= 4 is 5.82 Å². The molecule has 3 nitrogen and oxygen atoms in total. The first-order valence-corrected chi connectivity index (χ1v) is 7.61. The average Bonchev–Trinajstić information content (AvgIpc) is 2.62. The third-order valence-electron chi connectivity index (χ3n) is 4.17. The summed E-state index contributed by atoms with van der Waals surface area (Å²) in [6, 6.07) is 22.9. The summed E-state index contributed by atoms with van der Waals surface area (Å²) in [4.78, 5) is 2.30. The normalized spacial score (nSPS) is 13.7. The van der Waals surface area contributed by atoms with Gasteiger partial charge >= 0.3 is 0 Å². The van der Waals surface area contributed by atoms with Gasteiger partial charge in [-0.25, -0.2) is 0 Å². The molecule has 3 heteroatoms. The van der Waals surface area contributed by atoms with E-state index in [1.807, 2.05) is 18.2 Å². The second-order valence-electron chi connectivity index (χ2n) is 5.58. The maximum atomic E-state index is 4.43. The molecule has 0 amide bonds. The highest BCUT2D eigenvalue weighted by Crippen LogP contribution is 2.24. The van der Waals surface area contributed by atoms with Crippen molar-refractivity contribution in [2.45, 2.75) is 13.0 Å². The minimum atomic E-state index is 0.912. The highest BCUT2D eigenvalue weighted by atomic mass is 15.3. The number of nitrogens with zero attached hydrogens (tertiary/aromatic N) is 3. The Morgan fingerprint density at radius 1 is 0.727 bits per heavy atom. The predicted molar refractivity (Wildman–Crippen MR) is 88.7 cm³/mol. The second-order valence-corrected chi connectivity index (χ2v) is 5.58. The molecule has 0 spiro atoms. The summed E-state index contributed by atoms with van der Waals surface area (Å²) in [5.41, 5.74) is 4.86. The summed E-state index contributed by atoms with van der Waals surface area (Å²) < 4.78 is 0. The van der Waals surface area contributed by atoms with Crippen molar-refractivity contribution in [3.63, 3.8) is 0 Å². The molecule has 1 aliphatic heterocycles. The van der Waals surface area contributed by atoms with Crippen LogP contribution in [0, 0.1) is 0 Å². The van der Waals surface area contributed by atoms with Crippen LogP contribution in [0.25, 0.3) is 11.3 Å². The van der Waals surface area contributed by atoms with Gasteiger partial charge in [0.25, 0.3) is 0 Å². The molecule has 1 aliphatic rings. The molecule has 108 valence electrons. The van der Waals surface area contributed by atoms with Gasteiger partial charge in [0, 0.05) is 18.7 Å². The fourth-order valence-electron chi connectivity index (χ4n) is 2.95. The van der Waals surface area contributed by atoms with Crippen LogP contribution in [0.1, 0.15) is 11.1 Å². The topological polar surface area (TPSA) is 29.0 Å². The van der Waals surface area contributed by atoms with Crippen LogP contribution in [0.15, 0.2) is 66.7 Å². The van der Waals surface area contributed by atoms with Crippen LogP contribution in [0.2, 0.25) is 0 Å². The largest absolute Gasteiger partial charge is 0.350 e. The van der Waals surface area contributed by atoms with E-state index in [-0.39, 0.29) is 0 Å². The van der Waals surface area contributed by atoms with Gasteiger partial charge in [-0.15, -0.1) is 10.2 Å². The quantitative estimate of drug-likeness (QED) is 0.719. The SMILES string of the molecule is c1ccc(-c2ccc(N3CCc4ccccc4C3)nn2)cc1. The number of benzene rings is 2. The third kappa shape index (κ3) is 2.46. The molecule has 3 aromatic rings. The molecule has 4 rings (SSSR count). The highest BCUT2D eigenvalue weighted by molar-refractivity contribution is 5.59. The zero-order valence-corrected chi connectivity index (χ0v) is 12.3. The van der Waals surface area contributed by atoms with E-state index in [1.54, 1.807) is 0 Å². The Labute approximate surface area is 130 Å². The zero-order chi connectivity index (χ0) is 14.8. The van der Waals surface area contributed by atoms with Gasteiger partial charge in [-0.05, 0) is 29.7 Å². The zero-order valence-electron chi connectivity index (χ0n) is 12.3. The lowest BCUT2D eigenvalue weighted by Crippen LogP contribution is -2.31. The molecular weight excluding hydrogens is 270 g/mol. The van der Waals surface area contributed by atoms with Gasteiger partial charge in [-0.1, -0.05) is 54.6 Å². The molecular formula is C19H17N3. The average molecular weight is 287 g/mol. The Hall–Kier alpha value is -2.68. The van der Waals surface area contributed by atoms with Crippen LogP contribution in [-0.4, -0.2) is 16.7 Å². The molecule has 0 aliphatic carbocycles. The van der Waals surface area contributed by atoms with Gasteiger partial charge in [0.15, 0.2) is 5.82 Å². The summed E-state index contributed by atoms with van der Waals surface area (Å²) in [5, 5.41) is 8.82. The molecule has 0 N–H and O–H groups in total.